The highest BCUT2D eigenvalue weighted by Gasteiger charge is 2.13. The summed E-state index contributed by atoms with van der Waals surface area (Å²) in [5, 5.41) is 7.36. The summed E-state index contributed by atoms with van der Waals surface area (Å²) in [6.07, 6.45) is 3.38. The maximum absolute atomic E-state index is 12.1. The van der Waals surface area contributed by atoms with Gasteiger partial charge in [0.25, 0.3) is 0 Å². The Morgan fingerprint density at radius 3 is 2.35 bits per heavy atom. The number of rotatable bonds is 11. The molecule has 0 atom stereocenters. The fourth-order valence-corrected chi connectivity index (χ4v) is 3.58. The van der Waals surface area contributed by atoms with Gasteiger partial charge in [0.05, 0.1) is 19.9 Å². The zero-order valence-electron chi connectivity index (χ0n) is 20.4. The van der Waals surface area contributed by atoms with Crippen molar-refractivity contribution in [3.63, 3.8) is 0 Å². The van der Waals surface area contributed by atoms with Crippen LogP contribution in [0.3, 0.4) is 0 Å². The van der Waals surface area contributed by atoms with E-state index in [2.05, 4.69) is 22.8 Å². The van der Waals surface area contributed by atoms with Gasteiger partial charge in [-0.1, -0.05) is 42.6 Å². The summed E-state index contributed by atoms with van der Waals surface area (Å²) < 4.78 is 16.8. The molecule has 0 saturated heterocycles. The predicted octanol–water partition coefficient (Wildman–Crippen LogP) is 5.85. The van der Waals surface area contributed by atoms with Crippen LogP contribution >= 0.6 is 23.2 Å². The van der Waals surface area contributed by atoms with Gasteiger partial charge in [-0.3, -0.25) is 9.59 Å². The topological polar surface area (TPSA) is 98.2 Å². The molecular formula is C27H27Cl2N3O5. The highest BCUT2D eigenvalue weighted by atomic mass is 35.5. The summed E-state index contributed by atoms with van der Waals surface area (Å²) >= 11 is 12.4. The van der Waals surface area contributed by atoms with Crippen LogP contribution in [0.2, 0.25) is 10.0 Å². The number of hydrazone groups is 1. The second kappa shape index (κ2) is 14.1. The number of halogens is 2. The van der Waals surface area contributed by atoms with Crippen molar-refractivity contribution < 1.29 is 23.8 Å². The molecule has 0 bridgehead atoms. The van der Waals surface area contributed by atoms with Gasteiger partial charge in [-0.2, -0.15) is 5.10 Å². The van der Waals surface area contributed by atoms with Crippen LogP contribution < -0.4 is 25.0 Å². The van der Waals surface area contributed by atoms with E-state index in [4.69, 9.17) is 37.4 Å². The number of hydrogen-bond donors (Lipinski definition) is 2. The molecule has 2 N–H and O–H groups in total. The molecule has 10 heteroatoms. The van der Waals surface area contributed by atoms with Crippen molar-refractivity contribution in [1.82, 2.24) is 5.43 Å². The zero-order valence-corrected chi connectivity index (χ0v) is 21.9. The van der Waals surface area contributed by atoms with Gasteiger partial charge in [0.1, 0.15) is 12.4 Å². The van der Waals surface area contributed by atoms with Gasteiger partial charge in [0.15, 0.2) is 11.5 Å². The van der Waals surface area contributed by atoms with Crippen LogP contribution in [0.5, 0.6) is 17.2 Å². The van der Waals surface area contributed by atoms with Crippen molar-refractivity contribution in [1.29, 1.82) is 0 Å². The molecule has 0 fully saturated rings. The molecule has 0 spiro atoms. The molecule has 194 valence electrons. The van der Waals surface area contributed by atoms with Crippen LogP contribution in [0.25, 0.3) is 0 Å². The molecule has 0 aromatic heterocycles. The Hall–Kier alpha value is -3.75. The molecule has 3 aromatic carbocycles. The molecule has 0 aliphatic carbocycles. The molecule has 0 aliphatic heterocycles. The standard InChI is InChI=1S/C27H27Cl2N3O5/c1-3-4-14-36-20-11-9-19(10-12-20)31-26(33)27(34)32-30-16-18-8-13-24(25(15-18)35-2)37-17-21-22(28)6-5-7-23(21)29/h5-13,15-16H,3-4,14,17H2,1-2H3,(H,31,33)(H,32,34)/b30-16-. The third-order valence-electron chi connectivity index (χ3n) is 5.09. The van der Waals surface area contributed by atoms with Gasteiger partial charge in [-0.25, -0.2) is 5.43 Å². The number of methoxy groups -OCH3 is 1. The number of anilines is 1. The lowest BCUT2D eigenvalue weighted by Crippen LogP contribution is -2.32. The first kappa shape index (κ1) is 27.8. The number of unbranched alkanes of at least 4 members (excludes halogenated alkanes) is 1. The summed E-state index contributed by atoms with van der Waals surface area (Å²) in [6.45, 7) is 2.87. The second-order valence-corrected chi connectivity index (χ2v) is 8.59. The van der Waals surface area contributed by atoms with E-state index in [0.29, 0.717) is 50.7 Å². The molecule has 0 aliphatic rings. The van der Waals surface area contributed by atoms with Gasteiger partial charge in [0.2, 0.25) is 0 Å². The molecule has 3 rings (SSSR count). The van der Waals surface area contributed by atoms with E-state index in [1.807, 2.05) is 0 Å². The normalized spacial score (nSPS) is 10.7. The van der Waals surface area contributed by atoms with E-state index in [0.717, 1.165) is 12.8 Å². The number of benzene rings is 3. The second-order valence-electron chi connectivity index (χ2n) is 7.78. The van der Waals surface area contributed by atoms with E-state index in [9.17, 15) is 9.59 Å². The minimum Gasteiger partial charge on any atom is -0.494 e. The maximum Gasteiger partial charge on any atom is 0.329 e. The molecule has 8 nitrogen and oxygen atoms in total. The summed E-state index contributed by atoms with van der Waals surface area (Å²) in [5.74, 6) is -0.154. The molecule has 37 heavy (non-hydrogen) atoms. The first-order chi connectivity index (χ1) is 17.9. The Kier molecular flexibility index (Phi) is 10.6. The van der Waals surface area contributed by atoms with Gasteiger partial charge >= 0.3 is 11.8 Å². The molecule has 0 unspecified atom stereocenters. The highest BCUT2D eigenvalue weighted by Crippen LogP contribution is 2.31. The van der Waals surface area contributed by atoms with Crippen LogP contribution in [0.15, 0.2) is 65.8 Å². The Labute approximate surface area is 225 Å². The number of hydrogen-bond acceptors (Lipinski definition) is 6. The first-order valence-corrected chi connectivity index (χ1v) is 12.3. The zero-order chi connectivity index (χ0) is 26.6. The fraction of sp³-hybridized carbons (Fsp3) is 0.222. The van der Waals surface area contributed by atoms with Crippen molar-refractivity contribution in [2.75, 3.05) is 19.0 Å². The van der Waals surface area contributed by atoms with Crippen LogP contribution in [-0.2, 0) is 16.2 Å². The van der Waals surface area contributed by atoms with Crippen molar-refractivity contribution in [2.24, 2.45) is 5.10 Å². The molecule has 0 radical (unpaired) electrons. The van der Waals surface area contributed by atoms with Crippen molar-refractivity contribution in [3.8, 4) is 17.2 Å². The minimum absolute atomic E-state index is 0.155. The number of ether oxygens (including phenoxy) is 3. The molecule has 3 aromatic rings. The van der Waals surface area contributed by atoms with Crippen molar-refractivity contribution in [3.05, 3.63) is 81.8 Å². The van der Waals surface area contributed by atoms with Crippen molar-refractivity contribution >= 4 is 46.9 Å². The van der Waals surface area contributed by atoms with Crippen LogP contribution in [0.1, 0.15) is 30.9 Å². The number of nitrogens with one attached hydrogen (secondary N) is 2. The van der Waals surface area contributed by atoms with E-state index >= 15 is 0 Å². The van der Waals surface area contributed by atoms with Crippen LogP contribution in [0, 0.1) is 0 Å². The van der Waals surface area contributed by atoms with Gasteiger partial charge in [0, 0.05) is 21.3 Å². The lowest BCUT2D eigenvalue weighted by atomic mass is 10.2. The summed E-state index contributed by atoms with van der Waals surface area (Å²) in [7, 11) is 1.50. The smallest absolute Gasteiger partial charge is 0.329 e. The molecule has 2 amide bonds. The van der Waals surface area contributed by atoms with E-state index in [1.165, 1.54) is 13.3 Å². The van der Waals surface area contributed by atoms with Crippen molar-refractivity contribution in [2.45, 2.75) is 26.4 Å². The van der Waals surface area contributed by atoms with E-state index in [-0.39, 0.29) is 6.61 Å². The average Bonchev–Trinajstić information content (AvgIpc) is 2.90. The van der Waals surface area contributed by atoms with E-state index in [1.54, 1.807) is 60.7 Å². The Bertz CT molecular complexity index is 1230. The van der Waals surface area contributed by atoms with Crippen LogP contribution in [0.4, 0.5) is 5.69 Å². The Morgan fingerprint density at radius 2 is 1.68 bits per heavy atom. The minimum atomic E-state index is -0.914. The lowest BCUT2D eigenvalue weighted by molar-refractivity contribution is -0.136. The third-order valence-corrected chi connectivity index (χ3v) is 5.79. The quantitative estimate of drug-likeness (QED) is 0.137. The van der Waals surface area contributed by atoms with Gasteiger partial charge in [-0.05, 0) is 66.6 Å². The van der Waals surface area contributed by atoms with Crippen LogP contribution in [-0.4, -0.2) is 31.7 Å². The Balaban J connectivity index is 1.52. The monoisotopic (exact) mass is 543 g/mol. The predicted molar refractivity (Wildman–Crippen MR) is 145 cm³/mol. The van der Waals surface area contributed by atoms with Gasteiger partial charge < -0.3 is 19.5 Å². The summed E-state index contributed by atoms with van der Waals surface area (Å²) in [6, 6.07) is 17.1. The fourth-order valence-electron chi connectivity index (χ4n) is 3.08. The molecular weight excluding hydrogens is 517 g/mol. The Morgan fingerprint density at radius 1 is 0.946 bits per heavy atom. The molecule has 0 heterocycles. The summed E-state index contributed by atoms with van der Waals surface area (Å²) in [5.41, 5.74) is 3.94. The first-order valence-electron chi connectivity index (χ1n) is 11.5. The lowest BCUT2D eigenvalue weighted by Gasteiger charge is -2.13. The van der Waals surface area contributed by atoms with E-state index < -0.39 is 11.8 Å². The number of carbonyl (C=O) groups is 2. The summed E-state index contributed by atoms with van der Waals surface area (Å²) in [4.78, 5) is 24.3. The number of nitrogens with zero attached hydrogens (tertiary/aromatic N) is 1. The highest BCUT2D eigenvalue weighted by molar-refractivity contribution is 6.39. The number of carbonyl (C=O) groups excluding carboxylic acids is 2. The maximum atomic E-state index is 12.1. The SMILES string of the molecule is CCCCOc1ccc(NC(=O)C(=O)N/N=C\c2ccc(OCc3c(Cl)cccc3Cl)c(OC)c2)cc1. The molecule has 0 saturated carbocycles. The number of amides is 2. The third kappa shape index (κ3) is 8.41. The van der Waals surface area contributed by atoms with Gasteiger partial charge in [-0.15, -0.1) is 0 Å². The average molecular weight is 544 g/mol. The largest absolute Gasteiger partial charge is 0.494 e.